The Morgan fingerprint density at radius 1 is 1.29 bits per heavy atom. The highest BCUT2D eigenvalue weighted by molar-refractivity contribution is 7.85. The number of nitrogens with one attached hydrogen (secondary N) is 1. The van der Waals surface area contributed by atoms with Gasteiger partial charge in [0.05, 0.1) is 7.11 Å². The number of benzene rings is 1. The van der Waals surface area contributed by atoms with E-state index in [0.717, 1.165) is 30.7 Å². The van der Waals surface area contributed by atoms with Gasteiger partial charge < -0.3 is 14.8 Å². The van der Waals surface area contributed by atoms with Crippen LogP contribution in [0.1, 0.15) is 31.4 Å². The summed E-state index contributed by atoms with van der Waals surface area (Å²) in [6.45, 7) is 3.69. The molecule has 2 atom stereocenters. The number of para-hydroxylation sites is 1. The van der Waals surface area contributed by atoms with Crippen LogP contribution in [-0.2, 0) is 15.5 Å². The summed E-state index contributed by atoms with van der Waals surface area (Å²) in [7, 11) is 2.48. The van der Waals surface area contributed by atoms with Gasteiger partial charge in [-0.25, -0.2) is 0 Å². The molecule has 0 saturated carbocycles. The highest BCUT2D eigenvalue weighted by atomic mass is 32.2. The van der Waals surface area contributed by atoms with E-state index >= 15 is 0 Å². The van der Waals surface area contributed by atoms with Gasteiger partial charge in [0.2, 0.25) is 0 Å². The molecule has 0 fully saturated rings. The maximum atomic E-state index is 12.2. The molecule has 21 heavy (non-hydrogen) atoms. The van der Waals surface area contributed by atoms with Crippen LogP contribution >= 0.6 is 0 Å². The SMILES string of the molecule is CCCNC(CS(=O)CCCOC)c1ccccc1OC. The predicted molar refractivity (Wildman–Crippen MR) is 88.4 cm³/mol. The van der Waals surface area contributed by atoms with Crippen LogP contribution in [0.2, 0.25) is 0 Å². The highest BCUT2D eigenvalue weighted by Crippen LogP contribution is 2.25. The van der Waals surface area contributed by atoms with Gasteiger partial charge in [0.25, 0.3) is 0 Å². The molecule has 0 aromatic heterocycles. The second-order valence-electron chi connectivity index (χ2n) is 4.91. The van der Waals surface area contributed by atoms with Crippen molar-refractivity contribution in [2.45, 2.75) is 25.8 Å². The van der Waals surface area contributed by atoms with Crippen LogP contribution in [-0.4, -0.2) is 43.1 Å². The molecule has 1 rings (SSSR count). The molecule has 0 heterocycles. The number of hydrogen-bond acceptors (Lipinski definition) is 4. The Morgan fingerprint density at radius 2 is 2.05 bits per heavy atom. The molecule has 5 heteroatoms. The Balaban J connectivity index is 2.73. The van der Waals surface area contributed by atoms with Crippen molar-refractivity contribution in [3.05, 3.63) is 29.8 Å². The van der Waals surface area contributed by atoms with Crippen LogP contribution in [0, 0.1) is 0 Å². The van der Waals surface area contributed by atoms with E-state index in [0.29, 0.717) is 18.1 Å². The first-order valence-corrected chi connectivity index (χ1v) is 8.91. The van der Waals surface area contributed by atoms with Crippen molar-refractivity contribution in [3.8, 4) is 5.75 Å². The van der Waals surface area contributed by atoms with Crippen molar-refractivity contribution in [2.75, 3.05) is 38.9 Å². The average Bonchev–Trinajstić information content (AvgIpc) is 2.51. The van der Waals surface area contributed by atoms with Crippen LogP contribution in [0.3, 0.4) is 0 Å². The van der Waals surface area contributed by atoms with Crippen molar-refractivity contribution >= 4 is 10.8 Å². The summed E-state index contributed by atoms with van der Waals surface area (Å²) in [6, 6.07) is 7.99. The lowest BCUT2D eigenvalue weighted by Crippen LogP contribution is -2.28. The van der Waals surface area contributed by atoms with E-state index in [1.807, 2.05) is 24.3 Å². The number of ether oxygens (including phenoxy) is 2. The Kier molecular flexibility index (Phi) is 9.30. The molecule has 1 aromatic carbocycles. The van der Waals surface area contributed by atoms with Crippen molar-refractivity contribution in [3.63, 3.8) is 0 Å². The summed E-state index contributed by atoms with van der Waals surface area (Å²) >= 11 is 0. The summed E-state index contributed by atoms with van der Waals surface area (Å²) in [4.78, 5) is 0. The molecule has 0 saturated heterocycles. The van der Waals surface area contributed by atoms with E-state index in [4.69, 9.17) is 9.47 Å². The number of methoxy groups -OCH3 is 2. The fourth-order valence-electron chi connectivity index (χ4n) is 2.17. The Hall–Kier alpha value is -0.910. The first kappa shape index (κ1) is 18.1. The summed E-state index contributed by atoms with van der Waals surface area (Å²) in [5, 5.41) is 3.48. The molecule has 0 aliphatic heterocycles. The van der Waals surface area contributed by atoms with Gasteiger partial charge in [-0.1, -0.05) is 25.1 Å². The topological polar surface area (TPSA) is 47.6 Å². The van der Waals surface area contributed by atoms with Crippen molar-refractivity contribution in [2.24, 2.45) is 0 Å². The second kappa shape index (κ2) is 10.8. The van der Waals surface area contributed by atoms with Gasteiger partial charge in [0.15, 0.2) is 0 Å². The summed E-state index contributed by atoms with van der Waals surface area (Å²) in [5.74, 6) is 2.12. The molecule has 2 unspecified atom stereocenters. The molecule has 0 radical (unpaired) electrons. The zero-order valence-electron chi connectivity index (χ0n) is 13.3. The summed E-state index contributed by atoms with van der Waals surface area (Å²) < 4.78 is 22.7. The Bertz CT molecular complexity index is 426. The maximum Gasteiger partial charge on any atom is 0.123 e. The monoisotopic (exact) mass is 313 g/mol. The Labute approximate surface area is 130 Å². The predicted octanol–water partition coefficient (Wildman–Crippen LogP) is 2.52. The van der Waals surface area contributed by atoms with Crippen LogP contribution in [0.4, 0.5) is 0 Å². The van der Waals surface area contributed by atoms with E-state index < -0.39 is 10.8 Å². The van der Waals surface area contributed by atoms with E-state index in [-0.39, 0.29) is 6.04 Å². The molecule has 4 nitrogen and oxygen atoms in total. The minimum absolute atomic E-state index is 0.0597. The summed E-state index contributed by atoms with van der Waals surface area (Å²) in [5.41, 5.74) is 1.08. The lowest BCUT2D eigenvalue weighted by atomic mass is 10.1. The first-order chi connectivity index (χ1) is 10.2. The van der Waals surface area contributed by atoms with Gasteiger partial charge >= 0.3 is 0 Å². The standard InChI is InChI=1S/C16H27NO3S/c1-4-10-17-15(13-21(18)12-7-11-19-2)14-8-5-6-9-16(14)20-3/h5-6,8-9,15,17H,4,7,10-13H2,1-3H3. The molecule has 120 valence electrons. The minimum Gasteiger partial charge on any atom is -0.496 e. The van der Waals surface area contributed by atoms with E-state index in [9.17, 15) is 4.21 Å². The lowest BCUT2D eigenvalue weighted by molar-refractivity contribution is 0.200. The molecule has 0 spiro atoms. The first-order valence-electron chi connectivity index (χ1n) is 7.43. The smallest absolute Gasteiger partial charge is 0.123 e. The number of rotatable bonds is 11. The van der Waals surface area contributed by atoms with Gasteiger partial charge in [0, 0.05) is 47.6 Å². The largest absolute Gasteiger partial charge is 0.496 e. The maximum absolute atomic E-state index is 12.2. The third kappa shape index (κ3) is 6.59. The molecule has 0 aliphatic rings. The van der Waals surface area contributed by atoms with E-state index in [1.54, 1.807) is 14.2 Å². The quantitative estimate of drug-likeness (QED) is 0.638. The fourth-order valence-corrected chi connectivity index (χ4v) is 3.44. The molecule has 0 aliphatic carbocycles. The Morgan fingerprint density at radius 3 is 2.71 bits per heavy atom. The molecular formula is C16H27NO3S. The van der Waals surface area contributed by atoms with Gasteiger partial charge in [-0.2, -0.15) is 0 Å². The van der Waals surface area contributed by atoms with Gasteiger partial charge in [-0.15, -0.1) is 0 Å². The van der Waals surface area contributed by atoms with Crippen molar-refractivity contribution in [1.29, 1.82) is 0 Å². The van der Waals surface area contributed by atoms with Crippen LogP contribution < -0.4 is 10.1 Å². The van der Waals surface area contributed by atoms with Crippen LogP contribution in [0.5, 0.6) is 5.75 Å². The van der Waals surface area contributed by atoms with Gasteiger partial charge in [0.1, 0.15) is 5.75 Å². The van der Waals surface area contributed by atoms with Crippen LogP contribution in [0.15, 0.2) is 24.3 Å². The zero-order valence-corrected chi connectivity index (χ0v) is 14.1. The fraction of sp³-hybridized carbons (Fsp3) is 0.625. The lowest BCUT2D eigenvalue weighted by Gasteiger charge is -2.21. The van der Waals surface area contributed by atoms with Crippen LogP contribution in [0.25, 0.3) is 0 Å². The normalized spacial score (nSPS) is 13.9. The summed E-state index contributed by atoms with van der Waals surface area (Å²) in [6.07, 6.45) is 1.87. The third-order valence-electron chi connectivity index (χ3n) is 3.23. The van der Waals surface area contributed by atoms with Gasteiger partial charge in [-0.05, 0) is 25.5 Å². The van der Waals surface area contributed by atoms with Crippen molar-refractivity contribution < 1.29 is 13.7 Å². The van der Waals surface area contributed by atoms with Gasteiger partial charge in [-0.3, -0.25) is 4.21 Å². The zero-order chi connectivity index (χ0) is 15.5. The second-order valence-corrected chi connectivity index (χ2v) is 6.53. The molecule has 0 bridgehead atoms. The average molecular weight is 313 g/mol. The molecule has 0 amide bonds. The molecule has 1 aromatic rings. The van der Waals surface area contributed by atoms with Crippen molar-refractivity contribution in [1.82, 2.24) is 5.32 Å². The van der Waals surface area contributed by atoms with E-state index in [2.05, 4.69) is 12.2 Å². The highest BCUT2D eigenvalue weighted by Gasteiger charge is 2.17. The third-order valence-corrected chi connectivity index (χ3v) is 4.68. The molecular weight excluding hydrogens is 286 g/mol. The minimum atomic E-state index is -0.864. The molecule has 1 N–H and O–H groups in total. The van der Waals surface area contributed by atoms with E-state index in [1.165, 1.54) is 0 Å². The number of hydrogen-bond donors (Lipinski definition) is 1.